The highest BCUT2D eigenvalue weighted by Crippen LogP contribution is 2.35. The maximum Gasteiger partial charge on any atom is 0.338 e. The van der Waals surface area contributed by atoms with E-state index in [0.717, 1.165) is 43.2 Å². The quantitative estimate of drug-likeness (QED) is 0.318. The number of benzene rings is 2. The van der Waals surface area contributed by atoms with Crippen LogP contribution in [0.1, 0.15) is 29.9 Å². The summed E-state index contributed by atoms with van der Waals surface area (Å²) >= 11 is 7.47. The highest BCUT2D eigenvalue weighted by Gasteiger charge is 2.35. The summed E-state index contributed by atoms with van der Waals surface area (Å²) in [5.74, 6) is 0.847. The predicted molar refractivity (Wildman–Crippen MR) is 161 cm³/mol. The van der Waals surface area contributed by atoms with Crippen molar-refractivity contribution >= 4 is 46.6 Å². The number of halogens is 1. The molecule has 4 aromatic rings. The number of nitrogens with zero attached hydrogens (tertiary/aromatic N) is 4. The van der Waals surface area contributed by atoms with Crippen molar-refractivity contribution in [2.75, 3.05) is 44.7 Å². The van der Waals surface area contributed by atoms with Crippen LogP contribution in [0.25, 0.3) is 11.8 Å². The van der Waals surface area contributed by atoms with Gasteiger partial charge in [-0.15, -0.1) is 0 Å². The van der Waals surface area contributed by atoms with E-state index >= 15 is 0 Å². The third-order valence-corrected chi connectivity index (χ3v) is 8.50. The minimum absolute atomic E-state index is 0.191. The van der Waals surface area contributed by atoms with Crippen molar-refractivity contribution < 1.29 is 13.9 Å². The molecular weight excluding hydrogens is 560 g/mol. The first kappa shape index (κ1) is 27.3. The number of fused-ring (bicyclic) bond motifs is 1. The molecule has 1 saturated heterocycles. The fourth-order valence-electron chi connectivity index (χ4n) is 5.15. The van der Waals surface area contributed by atoms with E-state index in [9.17, 15) is 9.59 Å². The predicted octanol–water partition coefficient (Wildman–Crippen LogP) is 3.93. The van der Waals surface area contributed by atoms with Gasteiger partial charge < -0.3 is 19.0 Å². The number of furan rings is 1. The zero-order valence-electron chi connectivity index (χ0n) is 22.7. The Morgan fingerprint density at radius 1 is 1.07 bits per heavy atom. The molecule has 8 nitrogen and oxygen atoms in total. The minimum atomic E-state index is -0.752. The van der Waals surface area contributed by atoms with Crippen LogP contribution >= 0.6 is 22.9 Å². The maximum atomic E-state index is 14.0. The highest BCUT2D eigenvalue weighted by atomic mass is 35.5. The minimum Gasteiger partial charge on any atom is -0.463 e. The van der Waals surface area contributed by atoms with E-state index in [1.54, 1.807) is 29.7 Å². The summed E-state index contributed by atoms with van der Waals surface area (Å²) < 4.78 is 13.7. The van der Waals surface area contributed by atoms with Crippen LogP contribution in [0.15, 0.2) is 86.5 Å². The molecule has 0 radical (unpaired) electrons. The van der Waals surface area contributed by atoms with Crippen molar-refractivity contribution in [1.29, 1.82) is 0 Å². The monoisotopic (exact) mass is 588 g/mol. The second-order valence-corrected chi connectivity index (χ2v) is 11.4. The number of rotatable bonds is 6. The van der Waals surface area contributed by atoms with Gasteiger partial charge in [0.05, 0.1) is 28.5 Å². The Balaban J connectivity index is 1.51. The van der Waals surface area contributed by atoms with Gasteiger partial charge in [-0.2, -0.15) is 0 Å². The van der Waals surface area contributed by atoms with Crippen molar-refractivity contribution in [2.45, 2.75) is 13.0 Å². The van der Waals surface area contributed by atoms with Crippen LogP contribution < -0.4 is 19.8 Å². The Labute approximate surface area is 246 Å². The number of hydrogen-bond acceptors (Lipinski definition) is 8. The molecule has 0 bridgehead atoms. The average Bonchev–Trinajstić information content (AvgIpc) is 3.58. The van der Waals surface area contributed by atoms with E-state index in [1.165, 1.54) is 11.3 Å². The number of hydrogen-bond donors (Lipinski definition) is 0. The number of carbonyl (C=O) groups is 1. The fourth-order valence-corrected chi connectivity index (χ4v) is 6.25. The summed E-state index contributed by atoms with van der Waals surface area (Å²) in [4.78, 5) is 37.4. The van der Waals surface area contributed by atoms with Crippen LogP contribution in [-0.4, -0.2) is 55.3 Å². The number of thiazole rings is 1. The molecule has 2 aromatic heterocycles. The summed E-state index contributed by atoms with van der Waals surface area (Å²) in [6, 6.07) is 19.7. The third kappa shape index (κ3) is 5.40. The van der Waals surface area contributed by atoms with Crippen molar-refractivity contribution in [2.24, 2.45) is 4.99 Å². The number of piperazine rings is 1. The Bertz CT molecular complexity index is 1780. The lowest BCUT2D eigenvalue weighted by Crippen LogP contribution is -2.44. The van der Waals surface area contributed by atoms with E-state index in [-0.39, 0.29) is 12.2 Å². The van der Waals surface area contributed by atoms with E-state index in [4.69, 9.17) is 25.7 Å². The van der Waals surface area contributed by atoms with Crippen LogP contribution in [0, 0.1) is 0 Å². The average molecular weight is 589 g/mol. The summed E-state index contributed by atoms with van der Waals surface area (Å²) in [5.41, 5.74) is 2.00. The molecule has 10 heteroatoms. The third-order valence-electron chi connectivity index (χ3n) is 7.26. The smallest absolute Gasteiger partial charge is 0.338 e. The molecule has 6 rings (SSSR count). The van der Waals surface area contributed by atoms with Crippen LogP contribution in [0.5, 0.6) is 0 Å². The summed E-state index contributed by atoms with van der Waals surface area (Å²) in [6.07, 6.45) is 1.75. The second kappa shape index (κ2) is 11.5. The molecule has 1 unspecified atom stereocenters. The summed E-state index contributed by atoms with van der Waals surface area (Å²) in [7, 11) is 2.11. The van der Waals surface area contributed by atoms with Gasteiger partial charge in [0.15, 0.2) is 10.7 Å². The van der Waals surface area contributed by atoms with Gasteiger partial charge in [-0.05, 0) is 37.7 Å². The first-order chi connectivity index (χ1) is 19.9. The molecule has 1 fully saturated rings. The van der Waals surface area contributed by atoms with E-state index in [0.29, 0.717) is 31.4 Å². The number of ether oxygens (including phenoxy) is 1. The molecule has 0 spiro atoms. The first-order valence-corrected chi connectivity index (χ1v) is 14.7. The van der Waals surface area contributed by atoms with Gasteiger partial charge in [0.25, 0.3) is 5.56 Å². The topological polar surface area (TPSA) is 80.3 Å². The van der Waals surface area contributed by atoms with E-state index in [2.05, 4.69) is 16.8 Å². The Hall–Kier alpha value is -3.92. The molecule has 4 heterocycles. The molecule has 1 atom stereocenters. The molecule has 0 N–H and O–H groups in total. The number of carbonyl (C=O) groups excluding carboxylic acids is 1. The molecule has 0 aliphatic carbocycles. The molecule has 2 aromatic carbocycles. The largest absolute Gasteiger partial charge is 0.463 e. The molecule has 2 aliphatic rings. The molecule has 210 valence electrons. The number of aromatic nitrogens is 1. The SMILES string of the molecule is CCOC(=O)C1=C(c2ccccc2)N=c2s/c(=C\c3ccc(N4CCN(C)CC4)o3)c(=O)n2C1c1ccc(Cl)cc1. The van der Waals surface area contributed by atoms with Crippen molar-refractivity contribution in [1.82, 2.24) is 9.47 Å². The normalized spacial score (nSPS) is 17.9. The van der Waals surface area contributed by atoms with Crippen molar-refractivity contribution in [3.05, 3.63) is 114 Å². The summed E-state index contributed by atoms with van der Waals surface area (Å²) in [6.45, 7) is 5.64. The van der Waals surface area contributed by atoms with Crippen molar-refractivity contribution in [3.8, 4) is 0 Å². The second-order valence-electron chi connectivity index (χ2n) is 9.95. The Morgan fingerprint density at radius 2 is 1.80 bits per heavy atom. The standard InChI is InChI=1S/C31H29ClN4O4S/c1-3-39-30(38)26-27(20-7-5-4-6-8-20)33-31-36(28(26)21-9-11-22(32)12-10-21)29(37)24(41-31)19-23-13-14-25(40-23)35-17-15-34(2)16-18-35/h4-14,19,28H,3,15-18H2,1-2H3/b24-19-. The molecule has 41 heavy (non-hydrogen) atoms. The van der Waals surface area contributed by atoms with Crippen molar-refractivity contribution in [3.63, 3.8) is 0 Å². The van der Waals surface area contributed by atoms with E-state index in [1.807, 2.05) is 54.6 Å². The number of anilines is 1. The van der Waals surface area contributed by atoms with Crippen LogP contribution in [-0.2, 0) is 9.53 Å². The zero-order chi connectivity index (χ0) is 28.5. The molecule has 0 amide bonds. The number of esters is 1. The fraction of sp³-hybridized carbons (Fsp3) is 0.258. The molecule has 2 aliphatic heterocycles. The van der Waals surface area contributed by atoms with Gasteiger partial charge in [-0.1, -0.05) is 65.4 Å². The summed E-state index contributed by atoms with van der Waals surface area (Å²) in [5, 5.41) is 0.556. The maximum absolute atomic E-state index is 14.0. The van der Waals surface area contributed by atoms with Gasteiger partial charge in [0.2, 0.25) is 0 Å². The van der Waals surface area contributed by atoms with Gasteiger partial charge in [0, 0.05) is 48.9 Å². The van der Waals surface area contributed by atoms with Crippen LogP contribution in [0.2, 0.25) is 5.02 Å². The molecular formula is C31H29ClN4O4S. The van der Waals surface area contributed by atoms with Gasteiger partial charge in [-0.25, -0.2) is 9.79 Å². The number of likely N-dealkylation sites (N-methyl/N-ethyl adjacent to an activating group) is 1. The van der Waals surface area contributed by atoms with Gasteiger partial charge >= 0.3 is 5.97 Å². The van der Waals surface area contributed by atoms with Crippen LogP contribution in [0.4, 0.5) is 5.88 Å². The van der Waals surface area contributed by atoms with Gasteiger partial charge in [-0.3, -0.25) is 9.36 Å². The van der Waals surface area contributed by atoms with Crippen LogP contribution in [0.3, 0.4) is 0 Å². The molecule has 0 saturated carbocycles. The van der Waals surface area contributed by atoms with Gasteiger partial charge in [0.1, 0.15) is 5.76 Å². The Morgan fingerprint density at radius 3 is 2.51 bits per heavy atom. The lowest BCUT2D eigenvalue weighted by atomic mass is 9.93. The Kier molecular flexibility index (Phi) is 7.66. The first-order valence-electron chi connectivity index (χ1n) is 13.5. The lowest BCUT2D eigenvalue weighted by Gasteiger charge is -2.32. The lowest BCUT2D eigenvalue weighted by molar-refractivity contribution is -0.138. The highest BCUT2D eigenvalue weighted by molar-refractivity contribution is 7.07. The zero-order valence-corrected chi connectivity index (χ0v) is 24.3. The van der Waals surface area contributed by atoms with E-state index < -0.39 is 12.0 Å².